The zero-order valence-corrected chi connectivity index (χ0v) is 7.70. The summed E-state index contributed by atoms with van der Waals surface area (Å²) in [5, 5.41) is 0. The molecule has 0 aromatic rings. The molecule has 0 aromatic carbocycles. The van der Waals surface area contributed by atoms with Crippen molar-refractivity contribution >= 4 is 14.0 Å². The number of methoxy groups -OCH3 is 1. The van der Waals surface area contributed by atoms with E-state index in [4.69, 9.17) is 4.89 Å². The van der Waals surface area contributed by atoms with E-state index in [1.165, 1.54) is 7.11 Å². The van der Waals surface area contributed by atoms with E-state index in [0.29, 0.717) is 0 Å². The standard InChI is InChI=1S/C6H11O5P/c1-5(6(7)10-2)3-11-4-12(8)9/h12H,1,3-4H2,2H3,(H,8,9). The fourth-order valence-corrected chi connectivity index (χ4v) is 0.741. The summed E-state index contributed by atoms with van der Waals surface area (Å²) in [5.74, 6) is -0.576. The van der Waals surface area contributed by atoms with Crippen LogP contribution in [0.15, 0.2) is 12.2 Å². The number of esters is 1. The molecule has 1 unspecified atom stereocenters. The van der Waals surface area contributed by atoms with Gasteiger partial charge in [-0.1, -0.05) is 6.58 Å². The van der Waals surface area contributed by atoms with Crippen LogP contribution in [0, 0.1) is 0 Å². The summed E-state index contributed by atoms with van der Waals surface area (Å²) >= 11 is 0. The van der Waals surface area contributed by atoms with Crippen molar-refractivity contribution in [3.63, 3.8) is 0 Å². The number of carbonyl (C=O) groups is 1. The minimum atomic E-state index is -2.63. The van der Waals surface area contributed by atoms with Crippen molar-refractivity contribution in [1.82, 2.24) is 0 Å². The number of ether oxygens (including phenoxy) is 2. The first kappa shape index (κ1) is 11.4. The van der Waals surface area contributed by atoms with E-state index in [1.807, 2.05) is 0 Å². The quantitative estimate of drug-likeness (QED) is 0.383. The van der Waals surface area contributed by atoms with E-state index >= 15 is 0 Å². The Bertz CT molecular complexity index is 200. The smallest absolute Gasteiger partial charge is 0.335 e. The molecule has 0 rings (SSSR count). The van der Waals surface area contributed by atoms with Crippen LogP contribution in [0.4, 0.5) is 0 Å². The Morgan fingerprint density at radius 2 is 2.25 bits per heavy atom. The summed E-state index contributed by atoms with van der Waals surface area (Å²) in [5.41, 5.74) is 0.126. The Balaban J connectivity index is 3.58. The third kappa shape index (κ3) is 5.07. The minimum absolute atomic E-state index is 0.0797. The Hall–Kier alpha value is -0.640. The van der Waals surface area contributed by atoms with Crippen LogP contribution >= 0.6 is 8.03 Å². The Labute approximate surface area is 70.8 Å². The number of carbonyl (C=O) groups excluding carboxylic acids is 1. The highest BCUT2D eigenvalue weighted by atomic mass is 31.1. The van der Waals surface area contributed by atoms with Gasteiger partial charge in [-0.2, -0.15) is 0 Å². The maximum Gasteiger partial charge on any atom is 0.335 e. The summed E-state index contributed by atoms with van der Waals surface area (Å²) in [7, 11) is -1.40. The second-order valence-electron chi connectivity index (χ2n) is 1.98. The van der Waals surface area contributed by atoms with Crippen LogP contribution in [0.5, 0.6) is 0 Å². The van der Waals surface area contributed by atoms with E-state index in [2.05, 4.69) is 16.1 Å². The minimum Gasteiger partial charge on any atom is -0.466 e. The molecule has 1 atom stereocenters. The van der Waals surface area contributed by atoms with Crippen LogP contribution in [0.25, 0.3) is 0 Å². The van der Waals surface area contributed by atoms with Crippen LogP contribution in [0.3, 0.4) is 0 Å². The molecule has 0 spiro atoms. The molecule has 12 heavy (non-hydrogen) atoms. The van der Waals surface area contributed by atoms with E-state index in [9.17, 15) is 9.36 Å². The molecule has 0 amide bonds. The molecule has 5 nitrogen and oxygen atoms in total. The molecule has 70 valence electrons. The first-order valence-electron chi connectivity index (χ1n) is 3.13. The lowest BCUT2D eigenvalue weighted by Gasteiger charge is -2.02. The molecule has 0 fully saturated rings. The van der Waals surface area contributed by atoms with Gasteiger partial charge in [0.05, 0.1) is 19.3 Å². The Morgan fingerprint density at radius 1 is 1.67 bits per heavy atom. The average molecular weight is 194 g/mol. The molecule has 0 aliphatic carbocycles. The molecule has 0 aliphatic rings. The fourth-order valence-electron chi connectivity index (χ4n) is 0.465. The lowest BCUT2D eigenvalue weighted by atomic mass is 10.3. The molecule has 6 heteroatoms. The van der Waals surface area contributed by atoms with E-state index in [-0.39, 0.29) is 18.5 Å². The molecule has 0 heterocycles. The van der Waals surface area contributed by atoms with Crippen LogP contribution in [0.1, 0.15) is 0 Å². The van der Waals surface area contributed by atoms with Gasteiger partial charge in [0, 0.05) is 0 Å². The van der Waals surface area contributed by atoms with Gasteiger partial charge in [0.1, 0.15) is 6.35 Å². The molecular formula is C6H11O5P. The van der Waals surface area contributed by atoms with Gasteiger partial charge < -0.3 is 14.4 Å². The Morgan fingerprint density at radius 3 is 2.67 bits per heavy atom. The maximum atomic E-state index is 10.7. The van der Waals surface area contributed by atoms with E-state index < -0.39 is 14.0 Å². The van der Waals surface area contributed by atoms with E-state index in [1.54, 1.807) is 0 Å². The number of hydrogen-bond donors (Lipinski definition) is 1. The lowest BCUT2D eigenvalue weighted by molar-refractivity contribution is -0.136. The van der Waals surface area contributed by atoms with Crippen molar-refractivity contribution in [2.75, 3.05) is 20.1 Å². The zero-order chi connectivity index (χ0) is 9.56. The normalized spacial score (nSPS) is 12.2. The average Bonchev–Trinajstić information content (AvgIpc) is 2.02. The highest BCUT2D eigenvalue weighted by Crippen LogP contribution is 2.12. The predicted octanol–water partition coefficient (Wildman–Crippen LogP) is 0.157. The van der Waals surface area contributed by atoms with Gasteiger partial charge in [-0.05, 0) is 0 Å². The summed E-state index contributed by atoms with van der Waals surface area (Å²) in [6.07, 6.45) is -0.263. The second kappa shape index (κ2) is 5.94. The molecule has 0 saturated heterocycles. The first-order chi connectivity index (χ1) is 5.57. The molecular weight excluding hydrogens is 183 g/mol. The maximum absolute atomic E-state index is 10.7. The van der Waals surface area contributed by atoms with Gasteiger partial charge in [-0.15, -0.1) is 0 Å². The van der Waals surface area contributed by atoms with Crippen molar-refractivity contribution in [2.45, 2.75) is 0 Å². The highest BCUT2D eigenvalue weighted by Gasteiger charge is 2.06. The number of hydrogen-bond acceptors (Lipinski definition) is 4. The SMILES string of the molecule is C=C(COC[PH](=O)O)C(=O)OC. The van der Waals surface area contributed by atoms with Gasteiger partial charge in [0.2, 0.25) is 8.03 Å². The van der Waals surface area contributed by atoms with Crippen LogP contribution < -0.4 is 0 Å². The topological polar surface area (TPSA) is 72.8 Å². The van der Waals surface area contributed by atoms with E-state index in [0.717, 1.165) is 0 Å². The Kier molecular flexibility index (Phi) is 5.62. The first-order valence-corrected chi connectivity index (χ1v) is 4.69. The summed E-state index contributed by atoms with van der Waals surface area (Å²) in [6.45, 7) is 3.27. The summed E-state index contributed by atoms with van der Waals surface area (Å²) in [4.78, 5) is 19.0. The van der Waals surface area contributed by atoms with Crippen molar-refractivity contribution in [3.05, 3.63) is 12.2 Å². The molecule has 0 aliphatic heterocycles. The van der Waals surface area contributed by atoms with Crippen molar-refractivity contribution in [3.8, 4) is 0 Å². The zero-order valence-electron chi connectivity index (χ0n) is 6.70. The second-order valence-corrected chi connectivity index (χ2v) is 3.06. The summed E-state index contributed by atoms with van der Waals surface area (Å²) < 4.78 is 19.1. The molecule has 0 radical (unpaired) electrons. The third-order valence-electron chi connectivity index (χ3n) is 0.976. The number of rotatable bonds is 5. The fraction of sp³-hybridized carbons (Fsp3) is 0.500. The van der Waals surface area contributed by atoms with Crippen LogP contribution in [-0.2, 0) is 18.8 Å². The molecule has 0 saturated carbocycles. The van der Waals surface area contributed by atoms with Gasteiger partial charge in [-0.25, -0.2) is 4.79 Å². The lowest BCUT2D eigenvalue weighted by Crippen LogP contribution is -2.09. The third-order valence-corrected chi connectivity index (χ3v) is 1.43. The van der Waals surface area contributed by atoms with Crippen molar-refractivity contribution in [1.29, 1.82) is 0 Å². The monoisotopic (exact) mass is 194 g/mol. The van der Waals surface area contributed by atoms with Crippen LogP contribution in [0.2, 0.25) is 0 Å². The molecule has 0 bridgehead atoms. The van der Waals surface area contributed by atoms with Gasteiger partial charge >= 0.3 is 5.97 Å². The van der Waals surface area contributed by atoms with Crippen molar-refractivity contribution < 1.29 is 23.7 Å². The van der Waals surface area contributed by atoms with Gasteiger partial charge in [0.15, 0.2) is 0 Å². The van der Waals surface area contributed by atoms with Crippen molar-refractivity contribution in [2.24, 2.45) is 0 Å². The molecule has 0 aromatic heterocycles. The summed E-state index contributed by atoms with van der Waals surface area (Å²) in [6, 6.07) is 0. The van der Waals surface area contributed by atoms with Crippen LogP contribution in [-0.4, -0.2) is 30.9 Å². The van der Waals surface area contributed by atoms with Gasteiger partial charge in [-0.3, -0.25) is 4.57 Å². The highest BCUT2D eigenvalue weighted by molar-refractivity contribution is 7.37. The largest absolute Gasteiger partial charge is 0.466 e. The van der Waals surface area contributed by atoms with Gasteiger partial charge in [0.25, 0.3) is 0 Å². The molecule has 1 N–H and O–H groups in total. The predicted molar refractivity (Wildman–Crippen MR) is 43.2 cm³/mol.